The van der Waals surface area contributed by atoms with E-state index in [-0.39, 0.29) is 0 Å². The molecule has 53 heavy (non-hydrogen) atoms. The van der Waals surface area contributed by atoms with Crippen molar-refractivity contribution >= 4 is 37.1 Å². The highest BCUT2D eigenvalue weighted by molar-refractivity contribution is 7.74. The third kappa shape index (κ3) is 6.80. The number of ether oxygens (including phenoxy) is 6. The summed E-state index contributed by atoms with van der Waals surface area (Å²) in [7, 11) is 3.85. The largest absolute Gasteiger partial charge is 0.347 e. The third-order valence-electron chi connectivity index (χ3n) is 9.74. The van der Waals surface area contributed by atoms with E-state index in [1.165, 1.54) is 0 Å². The molecule has 0 saturated carbocycles. The summed E-state index contributed by atoms with van der Waals surface area (Å²) in [4.78, 5) is 0. The van der Waals surface area contributed by atoms with E-state index in [9.17, 15) is 0 Å². The molecule has 0 spiro atoms. The Bertz CT molecular complexity index is 1770. The van der Waals surface area contributed by atoms with E-state index in [1.54, 1.807) is 28.4 Å². The molecule has 1 fully saturated rings. The van der Waals surface area contributed by atoms with Crippen LogP contribution >= 0.6 is 15.8 Å². The first-order chi connectivity index (χ1) is 26.1. The van der Waals surface area contributed by atoms with Gasteiger partial charge < -0.3 is 28.4 Å². The number of hydrogen-bond acceptors (Lipinski definition) is 6. The van der Waals surface area contributed by atoms with Gasteiger partial charge in [0.15, 0.2) is 12.2 Å². The van der Waals surface area contributed by atoms with Gasteiger partial charge in [-0.05, 0) is 21.2 Å². The molecular formula is C45H44O6P2. The average Bonchev–Trinajstić information content (AvgIpc) is 3.67. The van der Waals surface area contributed by atoms with Gasteiger partial charge in [0.25, 0.3) is 0 Å². The first kappa shape index (κ1) is 37.3. The van der Waals surface area contributed by atoms with Crippen LogP contribution in [0.1, 0.15) is 11.1 Å². The number of rotatable bonds is 14. The first-order valence-electron chi connectivity index (χ1n) is 17.5. The molecule has 1 heterocycles. The van der Waals surface area contributed by atoms with Crippen LogP contribution in [0, 0.1) is 0 Å². The molecule has 1 saturated heterocycles. The SMILES string of the molecule is COC(OC)([C@H]1OC(c2ccccc2)(c2ccccc2)O[C@@H]1C(OC)(OC)P(c1ccccc1)c1ccccc1)P(c1ccccc1)c1ccccc1. The third-order valence-corrected chi connectivity index (χ3v) is 15.5. The van der Waals surface area contributed by atoms with Crippen molar-refractivity contribution in [2.24, 2.45) is 0 Å². The van der Waals surface area contributed by atoms with Crippen molar-refractivity contribution in [1.82, 2.24) is 0 Å². The molecule has 8 heteroatoms. The zero-order valence-electron chi connectivity index (χ0n) is 30.3. The number of benzene rings is 6. The molecule has 0 unspecified atom stereocenters. The minimum absolute atomic E-state index is 0.813. The molecule has 270 valence electrons. The van der Waals surface area contributed by atoms with Crippen molar-refractivity contribution in [2.75, 3.05) is 28.4 Å². The van der Waals surface area contributed by atoms with Crippen molar-refractivity contribution in [2.45, 2.75) is 29.1 Å². The van der Waals surface area contributed by atoms with Crippen molar-refractivity contribution in [3.05, 3.63) is 193 Å². The molecule has 6 aromatic carbocycles. The van der Waals surface area contributed by atoms with Crippen molar-refractivity contribution in [3.8, 4) is 0 Å². The minimum Gasteiger partial charge on any atom is -0.347 e. The summed E-state index contributed by atoms with van der Waals surface area (Å²) in [6.45, 7) is 0. The number of methoxy groups -OCH3 is 4. The lowest BCUT2D eigenvalue weighted by atomic mass is 9.97. The van der Waals surface area contributed by atoms with Crippen molar-refractivity contribution in [1.29, 1.82) is 0 Å². The fourth-order valence-corrected chi connectivity index (χ4v) is 12.9. The summed E-state index contributed by atoms with van der Waals surface area (Å²) in [5.74, 6) is -1.41. The molecule has 0 bridgehead atoms. The van der Waals surface area contributed by atoms with E-state index in [0.29, 0.717) is 0 Å². The molecule has 0 N–H and O–H groups in total. The lowest BCUT2D eigenvalue weighted by molar-refractivity contribution is -0.244. The fraction of sp³-hybridized carbons (Fsp3) is 0.200. The molecule has 0 aliphatic carbocycles. The topological polar surface area (TPSA) is 55.4 Å². The second-order valence-electron chi connectivity index (χ2n) is 12.5. The predicted molar refractivity (Wildman–Crippen MR) is 215 cm³/mol. The normalized spacial score (nSPS) is 17.3. The van der Waals surface area contributed by atoms with Gasteiger partial charge >= 0.3 is 0 Å². The maximum atomic E-state index is 7.63. The van der Waals surface area contributed by atoms with Gasteiger partial charge in [0.05, 0.1) is 0 Å². The van der Waals surface area contributed by atoms with E-state index >= 15 is 0 Å². The van der Waals surface area contributed by atoms with Crippen LogP contribution in [-0.4, -0.2) is 51.7 Å². The van der Waals surface area contributed by atoms with Gasteiger partial charge in [0, 0.05) is 55.4 Å². The average molecular weight is 743 g/mol. The Morgan fingerprint density at radius 1 is 0.377 bits per heavy atom. The van der Waals surface area contributed by atoms with Crippen LogP contribution in [-0.2, 0) is 34.2 Å². The quantitative estimate of drug-likeness (QED) is 0.0839. The maximum Gasteiger partial charge on any atom is 0.224 e. The highest BCUT2D eigenvalue weighted by atomic mass is 31.1. The molecule has 0 aromatic heterocycles. The Balaban J connectivity index is 1.55. The molecule has 0 radical (unpaired) electrons. The lowest BCUT2D eigenvalue weighted by Crippen LogP contribution is -2.60. The Morgan fingerprint density at radius 3 is 0.830 bits per heavy atom. The van der Waals surface area contributed by atoms with Gasteiger partial charge in [-0.3, -0.25) is 0 Å². The summed E-state index contributed by atoms with van der Waals surface area (Å²) in [6.07, 6.45) is -1.86. The predicted octanol–water partition coefficient (Wildman–Crippen LogP) is 7.83. The summed E-state index contributed by atoms with van der Waals surface area (Å²) in [6, 6.07) is 61.5. The molecule has 2 atom stereocenters. The van der Waals surface area contributed by atoms with Gasteiger partial charge in [-0.1, -0.05) is 182 Å². The van der Waals surface area contributed by atoms with Gasteiger partial charge in [0.1, 0.15) is 0 Å². The van der Waals surface area contributed by atoms with E-state index < -0.39 is 44.9 Å². The highest BCUT2D eigenvalue weighted by Gasteiger charge is 2.69. The monoisotopic (exact) mass is 742 g/mol. The minimum atomic E-state index is -1.45. The van der Waals surface area contributed by atoms with Crippen LogP contribution in [0.15, 0.2) is 182 Å². The zero-order chi connectivity index (χ0) is 36.7. The second-order valence-corrected chi connectivity index (χ2v) is 17.2. The van der Waals surface area contributed by atoms with Gasteiger partial charge in [0.2, 0.25) is 16.8 Å². The second kappa shape index (κ2) is 16.5. The van der Waals surface area contributed by atoms with E-state index in [2.05, 4.69) is 48.5 Å². The Labute approximate surface area is 315 Å². The molecule has 0 amide bonds. The maximum absolute atomic E-state index is 7.63. The standard InChI is InChI=1S/C45H44O6P2/c1-46-44(47-2,52(37-27-15-7-16-28-37)38-29-17-8-18-30-38)41-42(51-43(50-41,35-23-11-5-12-24-35)36-25-13-6-14-26-36)45(48-3,49-4)53(39-31-19-9-20-32-39)40-33-21-10-22-34-40/h5-34,41-42H,1-4H3/t41-,42-/m0/s1. The Morgan fingerprint density at radius 2 is 0.604 bits per heavy atom. The summed E-state index contributed by atoms with van der Waals surface area (Å²) < 4.78 is 42.5. The molecule has 1 aliphatic heterocycles. The van der Waals surface area contributed by atoms with E-state index in [1.807, 2.05) is 133 Å². The van der Waals surface area contributed by atoms with Gasteiger partial charge in [-0.25, -0.2) is 0 Å². The number of hydrogen-bond donors (Lipinski definition) is 0. The summed E-state index contributed by atoms with van der Waals surface area (Å²) >= 11 is 0. The van der Waals surface area contributed by atoms with Crippen molar-refractivity contribution in [3.63, 3.8) is 0 Å². The van der Waals surface area contributed by atoms with Crippen LogP contribution in [0.4, 0.5) is 0 Å². The van der Waals surface area contributed by atoms with Crippen LogP contribution in [0.3, 0.4) is 0 Å². The van der Waals surface area contributed by atoms with E-state index in [4.69, 9.17) is 28.4 Å². The Hall–Kier alpha value is -4.06. The van der Waals surface area contributed by atoms with Crippen molar-refractivity contribution < 1.29 is 28.4 Å². The zero-order valence-corrected chi connectivity index (χ0v) is 32.1. The van der Waals surface area contributed by atoms with Crippen LogP contribution in [0.2, 0.25) is 0 Å². The Kier molecular flexibility index (Phi) is 11.6. The summed E-state index contributed by atoms with van der Waals surface area (Å²) in [5.41, 5.74) is -1.23. The van der Waals surface area contributed by atoms with Gasteiger partial charge in [-0.2, -0.15) is 0 Å². The van der Waals surface area contributed by atoms with Crippen LogP contribution in [0.5, 0.6) is 0 Å². The molecular weight excluding hydrogens is 698 g/mol. The highest BCUT2D eigenvalue weighted by Crippen LogP contribution is 2.63. The molecule has 6 nitrogen and oxygen atoms in total. The molecule has 7 rings (SSSR count). The molecule has 6 aromatic rings. The fourth-order valence-electron chi connectivity index (χ4n) is 7.37. The summed E-state index contributed by atoms with van der Waals surface area (Å²) in [5, 5.41) is 4.19. The molecule has 1 aliphatic rings. The van der Waals surface area contributed by atoms with Crippen LogP contribution < -0.4 is 21.2 Å². The lowest BCUT2D eigenvalue weighted by Gasteiger charge is -2.48. The smallest absolute Gasteiger partial charge is 0.224 e. The van der Waals surface area contributed by atoms with Gasteiger partial charge in [-0.15, -0.1) is 0 Å². The van der Waals surface area contributed by atoms with Crippen LogP contribution in [0.25, 0.3) is 0 Å². The van der Waals surface area contributed by atoms with E-state index in [0.717, 1.165) is 32.3 Å². The first-order valence-corrected chi connectivity index (χ1v) is 20.2.